The number of ketones is 1. The first-order chi connectivity index (χ1) is 8.82. The quantitative estimate of drug-likeness (QED) is 0.806. The van der Waals surface area contributed by atoms with Crippen molar-refractivity contribution in [2.45, 2.75) is 33.0 Å². The molecule has 2 unspecified atom stereocenters. The number of thioether (sulfide) groups is 1. The van der Waals surface area contributed by atoms with Gasteiger partial charge in [-0.1, -0.05) is 23.9 Å². The van der Waals surface area contributed by atoms with E-state index < -0.39 is 12.2 Å². The Kier molecular flexibility index (Phi) is 5.72. The Morgan fingerprint density at radius 1 is 1.26 bits per heavy atom. The number of aliphatic hydroxyl groups excluding tert-OH is 2. The van der Waals surface area contributed by atoms with Gasteiger partial charge in [0.05, 0.1) is 6.10 Å². The van der Waals surface area contributed by atoms with Crippen LogP contribution in [0.3, 0.4) is 0 Å². The van der Waals surface area contributed by atoms with Crippen molar-refractivity contribution in [1.29, 1.82) is 0 Å². The molecule has 2 N–H and O–H groups in total. The first-order valence-corrected chi connectivity index (χ1v) is 6.92. The van der Waals surface area contributed by atoms with Crippen molar-refractivity contribution < 1.29 is 19.8 Å². The smallest absolute Gasteiger partial charge is 0.185 e. The van der Waals surface area contributed by atoms with Crippen LogP contribution < -0.4 is 0 Å². The van der Waals surface area contributed by atoms with Gasteiger partial charge in [-0.2, -0.15) is 0 Å². The minimum absolute atomic E-state index is 0.0446. The normalized spacial score (nSPS) is 13.9. The van der Waals surface area contributed by atoms with Crippen LogP contribution in [0, 0.1) is 6.92 Å². The predicted octanol–water partition coefficient (Wildman–Crippen LogP) is 1.87. The molecule has 4 nitrogen and oxygen atoms in total. The third kappa shape index (κ3) is 4.45. The lowest BCUT2D eigenvalue weighted by Gasteiger charge is -2.19. The number of hydrogen-bond donors (Lipinski definition) is 2. The summed E-state index contributed by atoms with van der Waals surface area (Å²) in [4.78, 5) is 22.1. The van der Waals surface area contributed by atoms with Crippen LogP contribution in [0.15, 0.2) is 18.2 Å². The third-order valence-electron chi connectivity index (χ3n) is 2.82. The summed E-state index contributed by atoms with van der Waals surface area (Å²) in [6.45, 7) is 4.66. The maximum Gasteiger partial charge on any atom is 0.185 e. The van der Waals surface area contributed by atoms with Gasteiger partial charge in [-0.05, 0) is 31.0 Å². The molecular formula is C14H18O4S. The maximum absolute atomic E-state index is 11.2. The second-order valence-electron chi connectivity index (χ2n) is 4.44. The molecule has 0 spiro atoms. The van der Waals surface area contributed by atoms with Crippen molar-refractivity contribution in [1.82, 2.24) is 0 Å². The molecule has 0 fully saturated rings. The standard InChI is InChI=1S/C14H18O4S/c1-8-6-11(9(2)15)4-5-12(8)14(18)13(17)7-19-10(3)16/h4-6,13-14,17-18H,7H2,1-3H3. The van der Waals surface area contributed by atoms with Crippen LogP contribution >= 0.6 is 11.8 Å². The molecule has 5 heteroatoms. The van der Waals surface area contributed by atoms with Crippen molar-refractivity contribution in [3.63, 3.8) is 0 Å². The zero-order chi connectivity index (χ0) is 14.6. The Balaban J connectivity index is 2.84. The molecule has 1 rings (SSSR count). The molecule has 0 amide bonds. The molecule has 0 bridgehead atoms. The Morgan fingerprint density at radius 2 is 1.89 bits per heavy atom. The summed E-state index contributed by atoms with van der Waals surface area (Å²) >= 11 is 0.973. The molecule has 0 saturated heterocycles. The minimum atomic E-state index is -1.06. The summed E-state index contributed by atoms with van der Waals surface area (Å²) in [6.07, 6.45) is -2.08. The summed E-state index contributed by atoms with van der Waals surface area (Å²) < 4.78 is 0. The van der Waals surface area contributed by atoms with Crippen LogP contribution in [-0.4, -0.2) is 33.0 Å². The third-order valence-corrected chi connectivity index (χ3v) is 3.73. The van der Waals surface area contributed by atoms with Gasteiger partial charge in [0.25, 0.3) is 0 Å². The van der Waals surface area contributed by atoms with Gasteiger partial charge < -0.3 is 10.2 Å². The summed E-state index contributed by atoms with van der Waals surface area (Å²) in [7, 11) is 0. The van der Waals surface area contributed by atoms with Crippen molar-refractivity contribution in [3.05, 3.63) is 34.9 Å². The number of carbonyl (C=O) groups is 2. The van der Waals surface area contributed by atoms with Crippen LogP contribution in [-0.2, 0) is 4.79 Å². The second-order valence-corrected chi connectivity index (χ2v) is 5.64. The molecular weight excluding hydrogens is 264 g/mol. The fourth-order valence-corrected chi connectivity index (χ4v) is 2.32. The highest BCUT2D eigenvalue weighted by molar-refractivity contribution is 8.13. The number of aryl methyl sites for hydroxylation is 1. The van der Waals surface area contributed by atoms with Gasteiger partial charge in [0.15, 0.2) is 10.9 Å². The highest BCUT2D eigenvalue weighted by Crippen LogP contribution is 2.24. The van der Waals surface area contributed by atoms with E-state index in [0.29, 0.717) is 11.1 Å². The predicted molar refractivity (Wildman–Crippen MR) is 75.3 cm³/mol. The van der Waals surface area contributed by atoms with E-state index in [1.54, 1.807) is 25.1 Å². The number of rotatable bonds is 5. The van der Waals surface area contributed by atoms with E-state index in [1.165, 1.54) is 13.8 Å². The van der Waals surface area contributed by atoms with Crippen LogP contribution in [0.4, 0.5) is 0 Å². The van der Waals surface area contributed by atoms with Crippen molar-refractivity contribution >= 4 is 22.7 Å². The Hall–Kier alpha value is -1.17. The first-order valence-electron chi connectivity index (χ1n) is 5.94. The van der Waals surface area contributed by atoms with E-state index in [-0.39, 0.29) is 16.7 Å². The van der Waals surface area contributed by atoms with Crippen molar-refractivity contribution in [3.8, 4) is 0 Å². The Morgan fingerprint density at radius 3 is 2.37 bits per heavy atom. The highest BCUT2D eigenvalue weighted by atomic mass is 32.2. The van der Waals surface area contributed by atoms with Gasteiger partial charge in [-0.25, -0.2) is 0 Å². The zero-order valence-corrected chi connectivity index (χ0v) is 12.0. The summed E-state index contributed by atoms with van der Waals surface area (Å²) in [5, 5.41) is 19.8. The largest absolute Gasteiger partial charge is 0.389 e. The topological polar surface area (TPSA) is 74.6 Å². The number of hydrogen-bond acceptors (Lipinski definition) is 5. The van der Waals surface area contributed by atoms with Crippen LogP contribution in [0.2, 0.25) is 0 Å². The number of benzene rings is 1. The molecule has 0 aliphatic heterocycles. The lowest BCUT2D eigenvalue weighted by Crippen LogP contribution is -2.22. The van der Waals surface area contributed by atoms with E-state index in [4.69, 9.17) is 0 Å². The maximum atomic E-state index is 11.2. The van der Waals surface area contributed by atoms with E-state index in [2.05, 4.69) is 0 Å². The SMILES string of the molecule is CC(=O)SCC(O)C(O)c1ccc(C(C)=O)cc1C. The average Bonchev–Trinajstić information content (AvgIpc) is 2.34. The zero-order valence-electron chi connectivity index (χ0n) is 11.2. The average molecular weight is 282 g/mol. The molecule has 0 saturated carbocycles. The van der Waals surface area contributed by atoms with Crippen molar-refractivity contribution in [2.75, 3.05) is 5.75 Å². The highest BCUT2D eigenvalue weighted by Gasteiger charge is 2.21. The molecule has 19 heavy (non-hydrogen) atoms. The molecule has 0 aliphatic rings. The van der Waals surface area contributed by atoms with Gasteiger partial charge in [0.2, 0.25) is 0 Å². The molecule has 1 aromatic rings. The van der Waals surface area contributed by atoms with Crippen LogP contribution in [0.25, 0.3) is 0 Å². The molecule has 0 aliphatic carbocycles. The Labute approximate surface area is 116 Å². The van der Waals surface area contributed by atoms with Gasteiger partial charge in [-0.3, -0.25) is 9.59 Å². The first kappa shape index (κ1) is 15.9. The Bertz CT molecular complexity index is 484. The molecule has 0 aromatic heterocycles. The number of carbonyl (C=O) groups excluding carboxylic acids is 2. The van der Waals surface area contributed by atoms with E-state index in [1.807, 2.05) is 0 Å². The lowest BCUT2D eigenvalue weighted by atomic mass is 9.97. The monoisotopic (exact) mass is 282 g/mol. The van der Waals surface area contributed by atoms with Gasteiger partial charge in [0.1, 0.15) is 6.10 Å². The second kappa shape index (κ2) is 6.84. The van der Waals surface area contributed by atoms with E-state index in [0.717, 1.165) is 17.3 Å². The summed E-state index contributed by atoms with van der Waals surface area (Å²) in [5.74, 6) is 0.0986. The molecule has 0 radical (unpaired) electrons. The van der Waals surface area contributed by atoms with Crippen LogP contribution in [0.5, 0.6) is 0 Å². The van der Waals surface area contributed by atoms with Gasteiger partial charge in [-0.15, -0.1) is 0 Å². The lowest BCUT2D eigenvalue weighted by molar-refractivity contribution is -0.109. The van der Waals surface area contributed by atoms with Crippen molar-refractivity contribution in [2.24, 2.45) is 0 Å². The van der Waals surface area contributed by atoms with Gasteiger partial charge >= 0.3 is 0 Å². The number of aliphatic hydroxyl groups is 2. The minimum Gasteiger partial charge on any atom is -0.389 e. The van der Waals surface area contributed by atoms with Crippen LogP contribution in [0.1, 0.15) is 41.4 Å². The molecule has 1 aromatic carbocycles. The van der Waals surface area contributed by atoms with E-state index >= 15 is 0 Å². The fraction of sp³-hybridized carbons (Fsp3) is 0.429. The molecule has 2 atom stereocenters. The fourth-order valence-electron chi connectivity index (χ4n) is 1.73. The number of Topliss-reactive ketones (excluding diaryl/α,β-unsaturated/α-hetero) is 1. The summed E-state index contributed by atoms with van der Waals surface area (Å²) in [6, 6.07) is 4.95. The summed E-state index contributed by atoms with van der Waals surface area (Å²) in [5.41, 5.74) is 1.88. The molecule has 0 heterocycles. The van der Waals surface area contributed by atoms with E-state index in [9.17, 15) is 19.8 Å². The molecule has 104 valence electrons. The van der Waals surface area contributed by atoms with Gasteiger partial charge in [0, 0.05) is 18.2 Å².